The van der Waals surface area contributed by atoms with Crippen LogP contribution in [0, 0.1) is 6.92 Å². The molecule has 0 spiro atoms. The standard InChI is InChI=1S/C10H9BrN2S/c1-6-2-9(12)10(13-3-6)7-4-14-5-8(7)11/h2-5H,12H2,1H3. The van der Waals surface area contributed by atoms with Crippen molar-refractivity contribution >= 4 is 33.0 Å². The van der Waals surface area contributed by atoms with Gasteiger partial charge in [-0.1, -0.05) is 0 Å². The van der Waals surface area contributed by atoms with Crippen LogP contribution in [0.15, 0.2) is 27.5 Å². The Labute approximate surface area is 94.9 Å². The Balaban J connectivity index is 2.58. The average Bonchev–Trinajstić information content (AvgIpc) is 2.52. The van der Waals surface area contributed by atoms with Gasteiger partial charge >= 0.3 is 0 Å². The number of hydrogen-bond donors (Lipinski definition) is 1. The second-order valence-corrected chi connectivity index (χ2v) is 4.68. The number of rotatable bonds is 1. The largest absolute Gasteiger partial charge is 0.397 e. The van der Waals surface area contributed by atoms with Gasteiger partial charge in [0.15, 0.2) is 0 Å². The van der Waals surface area contributed by atoms with Gasteiger partial charge in [-0.15, -0.1) is 0 Å². The minimum Gasteiger partial charge on any atom is -0.397 e. The summed E-state index contributed by atoms with van der Waals surface area (Å²) in [6.45, 7) is 1.98. The summed E-state index contributed by atoms with van der Waals surface area (Å²) in [5.41, 5.74) is 9.62. The lowest BCUT2D eigenvalue weighted by atomic mass is 10.1. The zero-order valence-corrected chi connectivity index (χ0v) is 10.0. The summed E-state index contributed by atoms with van der Waals surface area (Å²) < 4.78 is 1.05. The van der Waals surface area contributed by atoms with Crippen molar-refractivity contribution in [3.05, 3.63) is 33.1 Å². The molecule has 0 amide bonds. The zero-order valence-electron chi connectivity index (χ0n) is 7.62. The maximum atomic E-state index is 5.90. The zero-order chi connectivity index (χ0) is 10.1. The van der Waals surface area contributed by atoms with E-state index in [2.05, 4.69) is 20.9 Å². The molecule has 0 aliphatic rings. The van der Waals surface area contributed by atoms with E-state index in [0.717, 1.165) is 27.0 Å². The highest BCUT2D eigenvalue weighted by Crippen LogP contribution is 2.33. The molecule has 0 aliphatic carbocycles. The van der Waals surface area contributed by atoms with Gasteiger partial charge in [-0.3, -0.25) is 4.98 Å². The highest BCUT2D eigenvalue weighted by Gasteiger charge is 2.08. The summed E-state index contributed by atoms with van der Waals surface area (Å²) in [6.07, 6.45) is 1.83. The SMILES string of the molecule is Cc1cnc(-c2cscc2Br)c(N)c1. The van der Waals surface area contributed by atoms with Crippen LogP contribution in [0.25, 0.3) is 11.3 Å². The molecule has 0 unspecified atom stereocenters. The molecule has 2 N–H and O–H groups in total. The Morgan fingerprint density at radius 3 is 2.79 bits per heavy atom. The van der Waals surface area contributed by atoms with Gasteiger partial charge in [0.1, 0.15) is 0 Å². The predicted octanol–water partition coefficient (Wildman–Crippen LogP) is 3.46. The van der Waals surface area contributed by atoms with Gasteiger partial charge in [0.05, 0.1) is 11.4 Å². The fourth-order valence-corrected chi connectivity index (χ4v) is 2.73. The molecule has 2 aromatic heterocycles. The van der Waals surface area contributed by atoms with Crippen molar-refractivity contribution in [3.63, 3.8) is 0 Å². The Hall–Kier alpha value is -0.870. The quantitative estimate of drug-likeness (QED) is 0.861. The fraction of sp³-hybridized carbons (Fsp3) is 0.100. The van der Waals surface area contributed by atoms with Crippen LogP contribution in [-0.4, -0.2) is 4.98 Å². The summed E-state index contributed by atoms with van der Waals surface area (Å²) in [4.78, 5) is 4.33. The molecular weight excluding hydrogens is 260 g/mol. The maximum Gasteiger partial charge on any atom is 0.0951 e. The van der Waals surface area contributed by atoms with Crippen molar-refractivity contribution in [2.75, 3.05) is 5.73 Å². The molecule has 0 saturated carbocycles. The summed E-state index contributed by atoms with van der Waals surface area (Å²) >= 11 is 5.10. The first-order valence-electron chi connectivity index (χ1n) is 4.12. The topological polar surface area (TPSA) is 38.9 Å². The first-order valence-corrected chi connectivity index (χ1v) is 5.86. The number of thiophene rings is 1. The molecule has 0 atom stereocenters. The highest BCUT2D eigenvalue weighted by molar-refractivity contribution is 9.10. The van der Waals surface area contributed by atoms with Crippen LogP contribution in [0.3, 0.4) is 0 Å². The van der Waals surface area contributed by atoms with Crippen molar-refractivity contribution in [1.29, 1.82) is 0 Å². The molecule has 0 bridgehead atoms. The van der Waals surface area contributed by atoms with E-state index in [0.29, 0.717) is 0 Å². The predicted molar refractivity (Wildman–Crippen MR) is 64.4 cm³/mol. The third-order valence-electron chi connectivity index (χ3n) is 1.92. The second kappa shape index (κ2) is 3.71. The normalized spacial score (nSPS) is 10.4. The van der Waals surface area contributed by atoms with Crippen LogP contribution in [-0.2, 0) is 0 Å². The molecule has 0 aromatic carbocycles. The lowest BCUT2D eigenvalue weighted by molar-refractivity contribution is 1.27. The van der Waals surface area contributed by atoms with E-state index in [-0.39, 0.29) is 0 Å². The Morgan fingerprint density at radius 1 is 1.43 bits per heavy atom. The van der Waals surface area contributed by atoms with Crippen molar-refractivity contribution in [2.24, 2.45) is 0 Å². The van der Waals surface area contributed by atoms with E-state index in [1.807, 2.05) is 29.9 Å². The molecular formula is C10H9BrN2S. The minimum atomic E-state index is 0.726. The van der Waals surface area contributed by atoms with E-state index in [4.69, 9.17) is 5.73 Å². The molecule has 0 aliphatic heterocycles. The van der Waals surface area contributed by atoms with Crippen LogP contribution in [0.5, 0.6) is 0 Å². The van der Waals surface area contributed by atoms with Gasteiger partial charge in [0.25, 0.3) is 0 Å². The molecule has 2 aromatic rings. The number of halogens is 1. The number of hydrogen-bond acceptors (Lipinski definition) is 3. The molecule has 2 heterocycles. The third kappa shape index (κ3) is 1.67. The number of aryl methyl sites for hydroxylation is 1. The number of anilines is 1. The van der Waals surface area contributed by atoms with Crippen LogP contribution in [0.1, 0.15) is 5.56 Å². The average molecular weight is 269 g/mol. The van der Waals surface area contributed by atoms with Crippen LogP contribution < -0.4 is 5.73 Å². The minimum absolute atomic E-state index is 0.726. The summed E-state index contributed by atoms with van der Waals surface area (Å²) in [5, 5.41) is 4.06. The Morgan fingerprint density at radius 2 is 2.21 bits per heavy atom. The van der Waals surface area contributed by atoms with E-state index in [1.54, 1.807) is 11.3 Å². The second-order valence-electron chi connectivity index (χ2n) is 3.08. The lowest BCUT2D eigenvalue weighted by Crippen LogP contribution is -1.93. The molecule has 72 valence electrons. The molecule has 0 fully saturated rings. The lowest BCUT2D eigenvalue weighted by Gasteiger charge is -2.03. The van der Waals surface area contributed by atoms with Gasteiger partial charge in [0.2, 0.25) is 0 Å². The number of nitrogen functional groups attached to an aromatic ring is 1. The maximum absolute atomic E-state index is 5.90. The summed E-state index contributed by atoms with van der Waals surface area (Å²) in [5.74, 6) is 0. The van der Waals surface area contributed by atoms with E-state index in [1.165, 1.54) is 0 Å². The fourth-order valence-electron chi connectivity index (χ4n) is 1.27. The van der Waals surface area contributed by atoms with Gasteiger partial charge in [-0.2, -0.15) is 11.3 Å². The molecule has 0 saturated heterocycles. The Bertz CT molecular complexity index is 465. The molecule has 2 nitrogen and oxygen atoms in total. The molecule has 14 heavy (non-hydrogen) atoms. The first kappa shape index (κ1) is 9.68. The van der Waals surface area contributed by atoms with Crippen molar-refractivity contribution in [2.45, 2.75) is 6.92 Å². The molecule has 2 rings (SSSR count). The summed E-state index contributed by atoms with van der Waals surface area (Å²) in [7, 11) is 0. The monoisotopic (exact) mass is 268 g/mol. The number of aromatic nitrogens is 1. The Kier molecular flexibility index (Phi) is 2.56. The van der Waals surface area contributed by atoms with E-state index < -0.39 is 0 Å². The van der Waals surface area contributed by atoms with E-state index in [9.17, 15) is 0 Å². The molecule has 4 heteroatoms. The van der Waals surface area contributed by atoms with Crippen molar-refractivity contribution < 1.29 is 0 Å². The molecule has 0 radical (unpaired) electrons. The summed E-state index contributed by atoms with van der Waals surface area (Å²) in [6, 6.07) is 1.94. The highest BCUT2D eigenvalue weighted by atomic mass is 79.9. The van der Waals surface area contributed by atoms with Crippen LogP contribution >= 0.6 is 27.3 Å². The number of pyridine rings is 1. The van der Waals surface area contributed by atoms with Gasteiger partial charge < -0.3 is 5.73 Å². The van der Waals surface area contributed by atoms with E-state index >= 15 is 0 Å². The number of nitrogens with two attached hydrogens (primary N) is 1. The van der Waals surface area contributed by atoms with Gasteiger partial charge in [-0.25, -0.2) is 0 Å². The smallest absolute Gasteiger partial charge is 0.0951 e. The van der Waals surface area contributed by atoms with Gasteiger partial charge in [0, 0.05) is 27.0 Å². The number of nitrogens with zero attached hydrogens (tertiary/aromatic N) is 1. The van der Waals surface area contributed by atoms with Gasteiger partial charge in [-0.05, 0) is 34.5 Å². The first-order chi connectivity index (χ1) is 6.68. The van der Waals surface area contributed by atoms with Crippen LogP contribution in [0.4, 0.5) is 5.69 Å². The van der Waals surface area contributed by atoms with Crippen molar-refractivity contribution in [1.82, 2.24) is 4.98 Å². The van der Waals surface area contributed by atoms with Crippen LogP contribution in [0.2, 0.25) is 0 Å². The third-order valence-corrected chi connectivity index (χ3v) is 3.63. The van der Waals surface area contributed by atoms with Crippen molar-refractivity contribution in [3.8, 4) is 11.3 Å².